The zero-order valence-electron chi connectivity index (χ0n) is 15.5. The second-order valence-corrected chi connectivity index (χ2v) is 6.45. The maximum Gasteiger partial charge on any atom is 0.417 e. The Morgan fingerprint density at radius 1 is 1.28 bits per heavy atom. The lowest BCUT2D eigenvalue weighted by molar-refractivity contribution is -0.385. The van der Waals surface area contributed by atoms with Crippen LogP contribution in [0.3, 0.4) is 0 Å². The van der Waals surface area contributed by atoms with E-state index >= 15 is 0 Å². The van der Waals surface area contributed by atoms with Crippen LogP contribution in [0.4, 0.5) is 18.9 Å². The first-order chi connectivity index (χ1) is 13.5. The molecule has 1 heterocycles. The number of carbonyl (C=O) groups excluding carboxylic acids is 1. The number of nitrogens with zero attached hydrogens (tertiary/aromatic N) is 2. The number of benzene rings is 1. The van der Waals surface area contributed by atoms with Crippen molar-refractivity contribution in [2.75, 3.05) is 13.7 Å². The van der Waals surface area contributed by atoms with E-state index in [1.807, 2.05) is 0 Å². The number of pyridine rings is 1. The molecule has 2 rings (SSSR count). The highest BCUT2D eigenvalue weighted by atomic mass is 35.5. The lowest BCUT2D eigenvalue weighted by Gasteiger charge is -2.28. The van der Waals surface area contributed by atoms with Crippen molar-refractivity contribution in [3.05, 3.63) is 62.4 Å². The number of nitro benzene ring substituents is 1. The third-order valence-corrected chi connectivity index (χ3v) is 4.57. The largest absolute Gasteiger partial charge is 0.490 e. The van der Waals surface area contributed by atoms with Crippen molar-refractivity contribution < 1.29 is 32.4 Å². The Labute approximate surface area is 168 Å². The van der Waals surface area contributed by atoms with Crippen molar-refractivity contribution in [1.82, 2.24) is 4.98 Å². The molecule has 7 nitrogen and oxygen atoms in total. The van der Waals surface area contributed by atoms with Gasteiger partial charge in [-0.1, -0.05) is 17.7 Å². The van der Waals surface area contributed by atoms with Crippen LogP contribution in [-0.4, -0.2) is 29.6 Å². The van der Waals surface area contributed by atoms with E-state index < -0.39 is 33.1 Å². The van der Waals surface area contributed by atoms with E-state index in [4.69, 9.17) is 21.1 Å². The quantitative estimate of drug-likeness (QED) is 0.378. The molecule has 0 fully saturated rings. The molecule has 1 atom stereocenters. The van der Waals surface area contributed by atoms with E-state index in [1.54, 1.807) is 6.92 Å². The van der Waals surface area contributed by atoms with Gasteiger partial charge in [0.15, 0.2) is 5.75 Å². The highest BCUT2D eigenvalue weighted by Crippen LogP contribution is 2.41. The minimum Gasteiger partial charge on any atom is -0.490 e. The summed E-state index contributed by atoms with van der Waals surface area (Å²) in [5, 5.41) is 10.7. The van der Waals surface area contributed by atoms with E-state index in [0.29, 0.717) is 12.3 Å². The van der Waals surface area contributed by atoms with Crippen molar-refractivity contribution in [3.8, 4) is 5.75 Å². The fourth-order valence-corrected chi connectivity index (χ4v) is 3.08. The van der Waals surface area contributed by atoms with Crippen LogP contribution in [0.1, 0.15) is 30.7 Å². The average Bonchev–Trinajstić information content (AvgIpc) is 2.66. The molecule has 0 aliphatic rings. The zero-order chi connectivity index (χ0) is 22.0. The van der Waals surface area contributed by atoms with Crippen LogP contribution in [-0.2, 0) is 21.1 Å². The molecule has 0 amide bonds. The molecule has 29 heavy (non-hydrogen) atoms. The van der Waals surface area contributed by atoms with Crippen LogP contribution < -0.4 is 4.74 Å². The molecule has 1 aromatic heterocycles. The van der Waals surface area contributed by atoms with E-state index in [-0.39, 0.29) is 29.3 Å². The summed E-state index contributed by atoms with van der Waals surface area (Å²) in [6, 6.07) is 4.27. The lowest BCUT2D eigenvalue weighted by Crippen LogP contribution is -2.37. The van der Waals surface area contributed by atoms with Crippen LogP contribution in [0, 0.1) is 10.1 Å². The SMILES string of the molecule is CCOC(=O)C(C)(c1ccc([N+](=O)[O-])c(OC)c1)c1ncc(C(F)(F)F)cc1Cl. The van der Waals surface area contributed by atoms with Crippen LogP contribution in [0.5, 0.6) is 5.75 Å². The molecular weight excluding hydrogens is 417 g/mol. The topological polar surface area (TPSA) is 91.6 Å². The first-order valence-electron chi connectivity index (χ1n) is 8.20. The number of rotatable bonds is 6. The van der Waals surface area contributed by atoms with Gasteiger partial charge in [0.2, 0.25) is 0 Å². The van der Waals surface area contributed by atoms with Gasteiger partial charge < -0.3 is 9.47 Å². The summed E-state index contributed by atoms with van der Waals surface area (Å²) < 4.78 is 48.9. The minimum atomic E-state index is -4.67. The number of nitro groups is 1. The van der Waals surface area contributed by atoms with Crippen LogP contribution in [0.25, 0.3) is 0 Å². The van der Waals surface area contributed by atoms with Crippen molar-refractivity contribution in [3.63, 3.8) is 0 Å². The maximum atomic E-state index is 12.9. The predicted molar refractivity (Wildman–Crippen MR) is 97.0 cm³/mol. The second-order valence-electron chi connectivity index (χ2n) is 6.04. The number of hydrogen-bond acceptors (Lipinski definition) is 6. The molecule has 0 aliphatic carbocycles. The third-order valence-electron chi connectivity index (χ3n) is 4.28. The molecule has 1 unspecified atom stereocenters. The summed E-state index contributed by atoms with van der Waals surface area (Å²) in [5.74, 6) is -0.990. The predicted octanol–water partition coefficient (Wildman–Crippen LogP) is 4.54. The number of halogens is 4. The normalized spacial score (nSPS) is 13.5. The van der Waals surface area contributed by atoms with Gasteiger partial charge in [0, 0.05) is 12.3 Å². The van der Waals surface area contributed by atoms with Crippen molar-refractivity contribution >= 4 is 23.3 Å². The first-order valence-corrected chi connectivity index (χ1v) is 8.57. The summed E-state index contributed by atoms with van der Waals surface area (Å²) in [7, 11) is 1.21. The molecule has 156 valence electrons. The number of ether oxygens (including phenoxy) is 2. The van der Waals surface area contributed by atoms with Crippen molar-refractivity contribution in [2.24, 2.45) is 0 Å². The fraction of sp³-hybridized carbons (Fsp3) is 0.333. The summed E-state index contributed by atoms with van der Waals surface area (Å²) in [4.78, 5) is 27.0. The molecular formula is C18H16ClF3N2O5. The van der Waals surface area contributed by atoms with Gasteiger partial charge in [-0.05, 0) is 31.5 Å². The summed E-state index contributed by atoms with van der Waals surface area (Å²) in [6.45, 7) is 2.89. The van der Waals surface area contributed by atoms with E-state index in [1.165, 1.54) is 26.2 Å². The summed E-state index contributed by atoms with van der Waals surface area (Å²) in [5.41, 5.74) is -3.23. The molecule has 0 radical (unpaired) electrons. The Morgan fingerprint density at radius 2 is 1.93 bits per heavy atom. The monoisotopic (exact) mass is 432 g/mol. The number of methoxy groups -OCH3 is 1. The molecule has 0 aliphatic heterocycles. The van der Waals surface area contributed by atoms with Gasteiger partial charge >= 0.3 is 17.8 Å². The van der Waals surface area contributed by atoms with Gasteiger partial charge in [0.05, 0.1) is 34.9 Å². The molecule has 11 heteroatoms. The number of alkyl halides is 3. The highest BCUT2D eigenvalue weighted by Gasteiger charge is 2.44. The Hall–Kier alpha value is -2.88. The van der Waals surface area contributed by atoms with Gasteiger partial charge in [-0.15, -0.1) is 0 Å². The van der Waals surface area contributed by atoms with Gasteiger partial charge in [-0.3, -0.25) is 19.9 Å². The molecule has 0 saturated heterocycles. The fourth-order valence-electron chi connectivity index (χ4n) is 2.73. The van der Waals surface area contributed by atoms with E-state index in [9.17, 15) is 28.1 Å². The van der Waals surface area contributed by atoms with Gasteiger partial charge in [-0.2, -0.15) is 13.2 Å². The zero-order valence-corrected chi connectivity index (χ0v) is 16.3. The van der Waals surface area contributed by atoms with Crippen LogP contribution >= 0.6 is 11.6 Å². The lowest BCUT2D eigenvalue weighted by atomic mass is 9.78. The van der Waals surface area contributed by atoms with Crippen LogP contribution in [0.15, 0.2) is 30.5 Å². The van der Waals surface area contributed by atoms with E-state index in [0.717, 1.165) is 6.07 Å². The highest BCUT2D eigenvalue weighted by molar-refractivity contribution is 6.31. The maximum absolute atomic E-state index is 12.9. The number of aromatic nitrogens is 1. The first kappa shape index (κ1) is 22.4. The van der Waals surface area contributed by atoms with Gasteiger partial charge in [-0.25, -0.2) is 0 Å². The Kier molecular flexibility index (Phi) is 6.37. The number of carbonyl (C=O) groups is 1. The van der Waals surface area contributed by atoms with Crippen LogP contribution in [0.2, 0.25) is 5.02 Å². The molecule has 1 aromatic carbocycles. The molecule has 0 N–H and O–H groups in total. The molecule has 0 spiro atoms. The second kappa shape index (κ2) is 8.24. The molecule has 2 aromatic rings. The van der Waals surface area contributed by atoms with Crippen molar-refractivity contribution in [2.45, 2.75) is 25.4 Å². The Balaban J connectivity index is 2.74. The molecule has 0 saturated carbocycles. The average molecular weight is 433 g/mol. The summed E-state index contributed by atoms with van der Waals surface area (Å²) in [6.07, 6.45) is -4.12. The van der Waals surface area contributed by atoms with Gasteiger partial charge in [0.1, 0.15) is 5.41 Å². The smallest absolute Gasteiger partial charge is 0.417 e. The number of hydrogen-bond donors (Lipinski definition) is 0. The standard InChI is InChI=1S/C18H16ClF3N2O5/c1-4-29-16(25)17(2,10-5-6-13(24(26)27)14(8-10)28-3)15-12(19)7-11(9-23-15)18(20,21)22/h5-9H,4H2,1-3H3. The summed E-state index contributed by atoms with van der Waals surface area (Å²) >= 11 is 6.06. The molecule has 0 bridgehead atoms. The third kappa shape index (κ3) is 4.26. The Morgan fingerprint density at radius 3 is 2.41 bits per heavy atom. The Bertz CT molecular complexity index is 952. The number of esters is 1. The van der Waals surface area contributed by atoms with Crippen molar-refractivity contribution in [1.29, 1.82) is 0 Å². The minimum absolute atomic E-state index is 0.0171. The van der Waals surface area contributed by atoms with E-state index in [2.05, 4.69) is 4.98 Å². The van der Waals surface area contributed by atoms with Gasteiger partial charge in [0.25, 0.3) is 0 Å².